The van der Waals surface area contributed by atoms with Crippen LogP contribution < -0.4 is 10.1 Å². The van der Waals surface area contributed by atoms with Crippen molar-refractivity contribution in [2.45, 2.75) is 12.7 Å². The monoisotopic (exact) mass is 400 g/mol. The summed E-state index contributed by atoms with van der Waals surface area (Å²) in [5, 5.41) is 13.7. The minimum absolute atomic E-state index is 0.0469. The van der Waals surface area contributed by atoms with Crippen LogP contribution in [0.4, 0.5) is 24.5 Å². The summed E-state index contributed by atoms with van der Waals surface area (Å²) in [5.74, 6) is -0.219. The van der Waals surface area contributed by atoms with E-state index in [1.165, 1.54) is 6.07 Å². The Morgan fingerprint density at radius 2 is 1.62 bits per heavy atom. The lowest BCUT2D eigenvalue weighted by atomic mass is 10.1. The van der Waals surface area contributed by atoms with Gasteiger partial charge in [0.2, 0.25) is 0 Å². The number of carbonyl (C=O) groups is 1. The van der Waals surface area contributed by atoms with Crippen molar-refractivity contribution >= 4 is 17.3 Å². The lowest BCUT2D eigenvalue weighted by Gasteiger charge is -2.24. The molecule has 4 rings (SSSR count). The predicted molar refractivity (Wildman–Crippen MR) is 99.3 cm³/mol. The average molecular weight is 400 g/mol. The summed E-state index contributed by atoms with van der Waals surface area (Å²) in [4.78, 5) is 12.3. The molecule has 1 aliphatic heterocycles. The Balaban J connectivity index is 1.54. The highest BCUT2D eigenvalue weighted by molar-refractivity contribution is 5.93. The molecule has 2 N–H and O–H groups in total. The number of hydrogen-bond acceptors (Lipinski definition) is 4. The number of ether oxygens (including phenoxy) is 1. The first-order chi connectivity index (χ1) is 13.8. The summed E-state index contributed by atoms with van der Waals surface area (Å²) in [6.45, 7) is -0.111. The van der Waals surface area contributed by atoms with E-state index in [0.717, 1.165) is 12.1 Å². The molecule has 0 saturated heterocycles. The van der Waals surface area contributed by atoms with Crippen molar-refractivity contribution in [2.75, 3.05) is 5.32 Å². The van der Waals surface area contributed by atoms with Gasteiger partial charge in [-0.1, -0.05) is 24.3 Å². The number of fused-ring (bicyclic) bond motifs is 2. The van der Waals surface area contributed by atoms with Crippen LogP contribution in [0, 0.1) is 0 Å². The third-order valence-corrected chi connectivity index (χ3v) is 4.43. The molecular formula is C21H15F3N2O3. The molecule has 0 unspecified atom stereocenters. The van der Waals surface area contributed by atoms with E-state index in [0.29, 0.717) is 33.3 Å². The molecule has 0 atom stereocenters. The Bertz CT molecular complexity index is 1070. The van der Waals surface area contributed by atoms with Gasteiger partial charge in [-0.2, -0.15) is 13.2 Å². The molecule has 1 amide bonds. The highest BCUT2D eigenvalue weighted by Gasteiger charge is 2.32. The summed E-state index contributed by atoms with van der Waals surface area (Å²) in [6, 6.07) is 16.4. The van der Waals surface area contributed by atoms with Crippen LogP contribution in [-0.4, -0.2) is 16.2 Å². The Kier molecular flexibility index (Phi) is 4.63. The zero-order chi connectivity index (χ0) is 20.6. The van der Waals surface area contributed by atoms with E-state index in [4.69, 9.17) is 4.74 Å². The molecule has 0 radical (unpaired) electrons. The maximum Gasteiger partial charge on any atom is 0.416 e. The van der Waals surface area contributed by atoms with Gasteiger partial charge in [-0.05, 0) is 48.0 Å². The van der Waals surface area contributed by atoms with Gasteiger partial charge in [-0.25, -0.2) is 5.06 Å². The molecule has 1 heterocycles. The lowest BCUT2D eigenvalue weighted by molar-refractivity contribution is -0.137. The summed E-state index contributed by atoms with van der Waals surface area (Å²) in [5.41, 5.74) is 1.06. The van der Waals surface area contributed by atoms with Gasteiger partial charge < -0.3 is 10.1 Å². The fourth-order valence-corrected chi connectivity index (χ4v) is 2.98. The van der Waals surface area contributed by atoms with Crippen LogP contribution in [0.15, 0.2) is 66.7 Å². The molecule has 148 valence electrons. The molecule has 0 aliphatic carbocycles. The van der Waals surface area contributed by atoms with E-state index in [-0.39, 0.29) is 12.3 Å². The molecule has 5 nitrogen and oxygen atoms in total. The second kappa shape index (κ2) is 7.14. The number of anilines is 2. The SMILES string of the molecule is O=C(c1ccccc1)N(O)Cc1ccc2c(c1)Oc1cc(C(F)(F)F)ccc1N2. The van der Waals surface area contributed by atoms with Crippen LogP contribution >= 0.6 is 0 Å². The summed E-state index contributed by atoms with van der Waals surface area (Å²) >= 11 is 0. The largest absolute Gasteiger partial charge is 0.453 e. The summed E-state index contributed by atoms with van der Waals surface area (Å²) in [7, 11) is 0. The summed E-state index contributed by atoms with van der Waals surface area (Å²) in [6.07, 6.45) is -4.48. The second-order valence-corrected chi connectivity index (χ2v) is 6.50. The molecule has 3 aromatic rings. The van der Waals surface area contributed by atoms with E-state index >= 15 is 0 Å². The standard InChI is InChI=1S/C21H15F3N2O3/c22-21(23,24)15-7-9-17-19(11-15)29-18-10-13(6-8-16(18)25-17)12-26(28)20(27)14-4-2-1-3-5-14/h1-11,25,28H,12H2. The van der Waals surface area contributed by atoms with Gasteiger partial charge in [-0.15, -0.1) is 0 Å². The molecule has 0 saturated carbocycles. The molecule has 1 aliphatic rings. The van der Waals surface area contributed by atoms with Gasteiger partial charge in [0, 0.05) is 5.56 Å². The Hall–Kier alpha value is -3.52. The lowest BCUT2D eigenvalue weighted by Crippen LogP contribution is -2.26. The van der Waals surface area contributed by atoms with Crippen LogP contribution in [0.5, 0.6) is 11.5 Å². The number of benzene rings is 3. The van der Waals surface area contributed by atoms with Gasteiger partial charge >= 0.3 is 6.18 Å². The van der Waals surface area contributed by atoms with Crippen LogP contribution in [-0.2, 0) is 12.7 Å². The number of halogens is 3. The highest BCUT2D eigenvalue weighted by Crippen LogP contribution is 2.44. The van der Waals surface area contributed by atoms with Crippen LogP contribution in [0.2, 0.25) is 0 Å². The molecule has 0 aromatic heterocycles. The van der Waals surface area contributed by atoms with Crippen molar-refractivity contribution in [1.82, 2.24) is 5.06 Å². The van der Waals surface area contributed by atoms with E-state index in [9.17, 15) is 23.2 Å². The first-order valence-corrected chi connectivity index (χ1v) is 8.66. The number of carbonyl (C=O) groups excluding carboxylic acids is 1. The van der Waals surface area contributed by atoms with Gasteiger partial charge in [0.05, 0.1) is 23.5 Å². The molecule has 0 fully saturated rings. The third kappa shape index (κ3) is 3.88. The van der Waals surface area contributed by atoms with Crippen molar-refractivity contribution < 1.29 is 27.9 Å². The normalized spacial score (nSPS) is 12.3. The number of rotatable bonds is 3. The Morgan fingerprint density at radius 1 is 0.966 bits per heavy atom. The zero-order valence-electron chi connectivity index (χ0n) is 14.9. The first-order valence-electron chi connectivity index (χ1n) is 8.66. The van der Waals surface area contributed by atoms with Gasteiger partial charge in [-0.3, -0.25) is 10.0 Å². The van der Waals surface area contributed by atoms with E-state index in [2.05, 4.69) is 5.32 Å². The maximum atomic E-state index is 12.9. The first kappa shape index (κ1) is 18.8. The van der Waals surface area contributed by atoms with Gasteiger partial charge in [0.1, 0.15) is 0 Å². The second-order valence-electron chi connectivity index (χ2n) is 6.50. The van der Waals surface area contributed by atoms with Crippen molar-refractivity contribution in [3.05, 3.63) is 83.4 Å². The molecule has 0 bridgehead atoms. The van der Waals surface area contributed by atoms with Crippen LogP contribution in [0.1, 0.15) is 21.5 Å². The van der Waals surface area contributed by atoms with E-state index < -0.39 is 17.6 Å². The number of amides is 1. The van der Waals surface area contributed by atoms with Crippen molar-refractivity contribution in [3.63, 3.8) is 0 Å². The number of nitrogens with one attached hydrogen (secondary N) is 1. The van der Waals surface area contributed by atoms with Gasteiger partial charge in [0.15, 0.2) is 11.5 Å². The molecule has 29 heavy (non-hydrogen) atoms. The van der Waals surface area contributed by atoms with E-state index in [1.54, 1.807) is 48.5 Å². The fraction of sp³-hybridized carbons (Fsp3) is 0.0952. The third-order valence-electron chi connectivity index (χ3n) is 4.43. The van der Waals surface area contributed by atoms with Gasteiger partial charge in [0.25, 0.3) is 5.91 Å². The summed E-state index contributed by atoms with van der Waals surface area (Å²) < 4.78 is 44.4. The van der Waals surface area contributed by atoms with Crippen LogP contribution in [0.25, 0.3) is 0 Å². The maximum absolute atomic E-state index is 12.9. The molecule has 0 spiro atoms. The number of hydroxylamine groups is 2. The zero-order valence-corrected chi connectivity index (χ0v) is 14.9. The van der Waals surface area contributed by atoms with Crippen molar-refractivity contribution in [3.8, 4) is 11.5 Å². The van der Waals surface area contributed by atoms with Crippen molar-refractivity contribution in [2.24, 2.45) is 0 Å². The number of nitrogens with zero attached hydrogens (tertiary/aromatic N) is 1. The minimum atomic E-state index is -4.48. The van der Waals surface area contributed by atoms with E-state index in [1.807, 2.05) is 0 Å². The number of hydrogen-bond donors (Lipinski definition) is 2. The quantitative estimate of drug-likeness (QED) is 0.348. The smallest absolute Gasteiger partial charge is 0.416 e. The Morgan fingerprint density at radius 3 is 2.31 bits per heavy atom. The minimum Gasteiger partial charge on any atom is -0.453 e. The fourth-order valence-electron chi connectivity index (χ4n) is 2.98. The molecule has 3 aromatic carbocycles. The topological polar surface area (TPSA) is 61.8 Å². The highest BCUT2D eigenvalue weighted by atomic mass is 19.4. The van der Waals surface area contributed by atoms with Crippen LogP contribution in [0.3, 0.4) is 0 Å². The predicted octanol–water partition coefficient (Wildman–Crippen LogP) is 5.59. The average Bonchev–Trinajstić information content (AvgIpc) is 2.71. The Labute approximate surface area is 163 Å². The number of alkyl halides is 3. The molecular weight excluding hydrogens is 385 g/mol. The van der Waals surface area contributed by atoms with Crippen molar-refractivity contribution in [1.29, 1.82) is 0 Å². The molecule has 8 heteroatoms.